The van der Waals surface area contributed by atoms with Crippen LogP contribution in [0, 0.1) is 5.82 Å². The van der Waals surface area contributed by atoms with Crippen LogP contribution < -0.4 is 10.6 Å². The molecule has 202 valence electrons. The predicted molar refractivity (Wildman–Crippen MR) is 159 cm³/mol. The molecular formula is C31H28FN5OS2. The van der Waals surface area contributed by atoms with E-state index in [0.29, 0.717) is 15.8 Å². The predicted octanol–water partition coefficient (Wildman–Crippen LogP) is 7.27. The van der Waals surface area contributed by atoms with Crippen LogP contribution in [0.1, 0.15) is 41.0 Å². The molecule has 40 heavy (non-hydrogen) atoms. The largest absolute Gasteiger partial charge is 0.349 e. The summed E-state index contributed by atoms with van der Waals surface area (Å²) in [6.45, 7) is 4.42. The molecule has 0 aliphatic heterocycles. The molecule has 1 amide bonds. The van der Waals surface area contributed by atoms with Crippen molar-refractivity contribution in [3.63, 3.8) is 0 Å². The fourth-order valence-corrected chi connectivity index (χ4v) is 6.14. The number of amides is 1. The van der Waals surface area contributed by atoms with Crippen LogP contribution in [0.4, 0.5) is 15.3 Å². The number of benzene rings is 2. The molecule has 0 fully saturated rings. The number of hydrogen-bond acceptors (Lipinski definition) is 7. The van der Waals surface area contributed by atoms with E-state index < -0.39 is 17.1 Å². The van der Waals surface area contributed by atoms with Crippen LogP contribution in [0.25, 0.3) is 0 Å². The number of aromatic nitrogens is 3. The van der Waals surface area contributed by atoms with Crippen LogP contribution in [-0.2, 0) is 11.8 Å². The highest BCUT2D eigenvalue weighted by Gasteiger charge is 2.30. The van der Waals surface area contributed by atoms with Gasteiger partial charge in [0.2, 0.25) is 0 Å². The first kappa shape index (κ1) is 27.5. The molecule has 9 heteroatoms. The van der Waals surface area contributed by atoms with Gasteiger partial charge in [0.25, 0.3) is 5.91 Å². The summed E-state index contributed by atoms with van der Waals surface area (Å²) in [5.74, 6) is -0.535. The van der Waals surface area contributed by atoms with E-state index in [1.165, 1.54) is 29.3 Å². The number of pyridine rings is 2. The maximum Gasteiger partial charge on any atom is 0.273 e. The molecule has 5 rings (SSSR count). The lowest BCUT2D eigenvalue weighted by Gasteiger charge is -2.31. The fraction of sp³-hybridized carbons (Fsp3) is 0.161. The standard InChI is InChI=1S/C31H28FN5OS2/c1-3-21-14-15-25(34-18-21)37-30-35-19-26(40-30)39-24-16-17-33-28(27(24)32)29(38)36-20-31(2,22-10-6-4-7-11-22)23-12-8-5-9-13-23/h4-19H,3,20H2,1-2H3,(H,36,38)(H,34,35,37). The number of carbonyl (C=O) groups is 1. The Balaban J connectivity index is 1.29. The van der Waals surface area contributed by atoms with E-state index in [0.717, 1.165) is 27.3 Å². The summed E-state index contributed by atoms with van der Waals surface area (Å²) in [6, 6.07) is 25.4. The van der Waals surface area contributed by atoms with Gasteiger partial charge in [-0.05, 0) is 42.2 Å². The summed E-state index contributed by atoms with van der Waals surface area (Å²) in [4.78, 5) is 26.3. The minimum atomic E-state index is -0.661. The molecule has 0 bridgehead atoms. The van der Waals surface area contributed by atoms with Crippen molar-refractivity contribution in [1.82, 2.24) is 20.3 Å². The van der Waals surface area contributed by atoms with Crippen LogP contribution in [0.2, 0.25) is 0 Å². The number of halogens is 1. The van der Waals surface area contributed by atoms with Crippen molar-refractivity contribution >= 4 is 40.0 Å². The van der Waals surface area contributed by atoms with Gasteiger partial charge in [-0.15, -0.1) is 0 Å². The average Bonchev–Trinajstić information content (AvgIpc) is 3.44. The van der Waals surface area contributed by atoms with Gasteiger partial charge in [0.15, 0.2) is 16.6 Å². The van der Waals surface area contributed by atoms with E-state index in [4.69, 9.17) is 0 Å². The monoisotopic (exact) mass is 569 g/mol. The van der Waals surface area contributed by atoms with E-state index >= 15 is 4.39 Å². The van der Waals surface area contributed by atoms with Crippen LogP contribution in [0.5, 0.6) is 0 Å². The number of hydrogen-bond donors (Lipinski definition) is 2. The molecule has 6 nitrogen and oxygen atoms in total. The molecule has 3 aromatic heterocycles. The average molecular weight is 570 g/mol. The van der Waals surface area contributed by atoms with Crippen LogP contribution in [0.15, 0.2) is 107 Å². The molecule has 0 saturated carbocycles. The van der Waals surface area contributed by atoms with Crippen LogP contribution in [0.3, 0.4) is 0 Å². The molecule has 0 aliphatic rings. The Morgan fingerprint density at radius 2 is 1.62 bits per heavy atom. The Morgan fingerprint density at radius 3 is 2.25 bits per heavy atom. The van der Waals surface area contributed by atoms with E-state index in [9.17, 15) is 4.79 Å². The SMILES string of the molecule is CCc1ccc(Nc2ncc(Sc3ccnc(C(=O)NCC(C)(c4ccccc4)c4ccccc4)c3F)s2)nc1. The Bertz CT molecular complexity index is 1540. The Hall–Kier alpha value is -4.08. The fourth-order valence-electron chi connectivity index (χ4n) is 4.28. The maximum absolute atomic E-state index is 15.5. The smallest absolute Gasteiger partial charge is 0.273 e. The van der Waals surface area contributed by atoms with E-state index in [1.807, 2.05) is 79.0 Å². The zero-order valence-electron chi connectivity index (χ0n) is 22.1. The second kappa shape index (κ2) is 12.4. The molecule has 5 aromatic rings. The van der Waals surface area contributed by atoms with Crippen molar-refractivity contribution in [1.29, 1.82) is 0 Å². The Morgan fingerprint density at radius 1 is 0.925 bits per heavy atom. The van der Waals surface area contributed by atoms with Gasteiger partial charge in [-0.25, -0.2) is 19.3 Å². The number of carbonyl (C=O) groups excluding carboxylic acids is 1. The molecule has 0 aliphatic carbocycles. The molecule has 0 atom stereocenters. The molecule has 3 heterocycles. The lowest BCUT2D eigenvalue weighted by atomic mass is 9.76. The number of thiazole rings is 1. The summed E-state index contributed by atoms with van der Waals surface area (Å²) in [7, 11) is 0. The molecule has 2 N–H and O–H groups in total. The summed E-state index contributed by atoms with van der Waals surface area (Å²) < 4.78 is 16.3. The van der Waals surface area contributed by atoms with Crippen molar-refractivity contribution in [3.05, 3.63) is 126 Å². The van der Waals surface area contributed by atoms with Gasteiger partial charge in [0.05, 0.1) is 15.3 Å². The third kappa shape index (κ3) is 6.21. The van der Waals surface area contributed by atoms with Gasteiger partial charge < -0.3 is 10.6 Å². The highest BCUT2D eigenvalue weighted by atomic mass is 32.2. The van der Waals surface area contributed by atoms with Gasteiger partial charge in [0, 0.05) is 24.4 Å². The third-order valence-electron chi connectivity index (χ3n) is 6.66. The molecule has 0 radical (unpaired) electrons. The number of aryl methyl sites for hydroxylation is 1. The van der Waals surface area contributed by atoms with Crippen LogP contribution in [-0.4, -0.2) is 27.4 Å². The van der Waals surface area contributed by atoms with Gasteiger partial charge in [-0.2, -0.15) is 0 Å². The molecule has 2 aromatic carbocycles. The number of anilines is 2. The van der Waals surface area contributed by atoms with Crippen molar-refractivity contribution in [2.45, 2.75) is 34.8 Å². The zero-order valence-corrected chi connectivity index (χ0v) is 23.7. The molecule has 0 unspecified atom stereocenters. The molecule has 0 spiro atoms. The first-order valence-corrected chi connectivity index (χ1v) is 14.5. The lowest BCUT2D eigenvalue weighted by molar-refractivity contribution is 0.0937. The van der Waals surface area contributed by atoms with Crippen molar-refractivity contribution in [2.75, 3.05) is 11.9 Å². The summed E-state index contributed by atoms with van der Waals surface area (Å²) in [5, 5.41) is 6.75. The van der Waals surface area contributed by atoms with Gasteiger partial charge in [-0.3, -0.25) is 4.79 Å². The molecule has 0 saturated heterocycles. The normalized spacial score (nSPS) is 11.3. The van der Waals surface area contributed by atoms with Crippen LogP contribution >= 0.6 is 23.1 Å². The van der Waals surface area contributed by atoms with Gasteiger partial charge in [0.1, 0.15) is 5.82 Å². The Kier molecular flexibility index (Phi) is 8.52. The number of nitrogens with one attached hydrogen (secondary N) is 2. The summed E-state index contributed by atoms with van der Waals surface area (Å²) in [5.41, 5.74) is 2.49. The molecular weight excluding hydrogens is 542 g/mol. The zero-order chi connectivity index (χ0) is 28.0. The van der Waals surface area contributed by atoms with Gasteiger partial charge >= 0.3 is 0 Å². The number of nitrogens with zero attached hydrogens (tertiary/aromatic N) is 3. The van der Waals surface area contributed by atoms with Crippen molar-refractivity contribution < 1.29 is 9.18 Å². The maximum atomic E-state index is 15.5. The van der Waals surface area contributed by atoms with E-state index in [2.05, 4.69) is 39.4 Å². The van der Waals surface area contributed by atoms with Crippen molar-refractivity contribution in [2.24, 2.45) is 0 Å². The topological polar surface area (TPSA) is 79.8 Å². The third-order valence-corrected chi connectivity index (χ3v) is 8.71. The quantitative estimate of drug-likeness (QED) is 0.184. The second-order valence-corrected chi connectivity index (χ2v) is 11.7. The lowest BCUT2D eigenvalue weighted by Crippen LogP contribution is -2.40. The highest BCUT2D eigenvalue weighted by molar-refractivity contribution is 8.01. The van der Waals surface area contributed by atoms with E-state index in [-0.39, 0.29) is 12.2 Å². The summed E-state index contributed by atoms with van der Waals surface area (Å²) >= 11 is 2.58. The van der Waals surface area contributed by atoms with Crippen molar-refractivity contribution in [3.8, 4) is 0 Å². The second-order valence-electron chi connectivity index (χ2n) is 9.34. The minimum Gasteiger partial charge on any atom is -0.349 e. The summed E-state index contributed by atoms with van der Waals surface area (Å²) in [6.07, 6.45) is 5.87. The Labute approximate surface area is 241 Å². The van der Waals surface area contributed by atoms with Gasteiger partial charge in [-0.1, -0.05) is 96.8 Å². The van der Waals surface area contributed by atoms with E-state index in [1.54, 1.807) is 12.3 Å². The first-order chi connectivity index (χ1) is 19.5. The first-order valence-electron chi connectivity index (χ1n) is 12.9. The highest BCUT2D eigenvalue weighted by Crippen LogP contribution is 2.36. The number of rotatable bonds is 10. The minimum absolute atomic E-state index is 0.239.